The Morgan fingerprint density at radius 3 is 2.79 bits per heavy atom. The van der Waals surface area contributed by atoms with E-state index in [0.29, 0.717) is 0 Å². The molecule has 3 nitrogen and oxygen atoms in total. The van der Waals surface area contributed by atoms with Gasteiger partial charge in [-0.15, -0.1) is 0 Å². The molecule has 2 aromatic rings. The summed E-state index contributed by atoms with van der Waals surface area (Å²) in [6.07, 6.45) is 4.10. The maximum Gasteiger partial charge on any atom is 0.0752 e. The van der Waals surface area contributed by atoms with E-state index in [1.807, 2.05) is 12.3 Å². The van der Waals surface area contributed by atoms with Crippen molar-refractivity contribution in [1.29, 1.82) is 0 Å². The number of benzene rings is 1. The molecule has 19 heavy (non-hydrogen) atoms. The first kappa shape index (κ1) is 12.4. The predicted molar refractivity (Wildman–Crippen MR) is 78.5 cm³/mol. The number of hydrogen-bond donors (Lipinski definition) is 2. The van der Waals surface area contributed by atoms with Crippen molar-refractivity contribution < 1.29 is 5.11 Å². The number of fused-ring (bicyclic) bond motifs is 1. The van der Waals surface area contributed by atoms with Crippen LogP contribution in [0.15, 0.2) is 24.4 Å². The van der Waals surface area contributed by atoms with Gasteiger partial charge in [0, 0.05) is 29.2 Å². The number of rotatable bonds is 4. The Hall–Kier alpha value is -1.61. The summed E-state index contributed by atoms with van der Waals surface area (Å²) in [4.78, 5) is 4.47. The lowest BCUT2D eigenvalue weighted by molar-refractivity contribution is 0.220. The monoisotopic (exact) mass is 256 g/mol. The largest absolute Gasteiger partial charge is 0.396 e. The molecule has 0 spiro atoms. The Bertz CT molecular complexity index is 617. The summed E-state index contributed by atoms with van der Waals surface area (Å²) in [5.74, 6) is 0. The van der Waals surface area contributed by atoms with Gasteiger partial charge in [-0.05, 0) is 44.4 Å². The second kappa shape index (κ2) is 4.49. The standard InChI is InChI=1S/C16H20N2O/c1-11-7-12(2)15-13(8-11)14(3-6-17-15)18-9-16(10-19)4-5-16/h3,6-8,19H,4-5,9-10H2,1-2H3,(H,17,18). The number of aliphatic hydroxyl groups excluding tert-OH is 1. The average molecular weight is 256 g/mol. The topological polar surface area (TPSA) is 45.2 Å². The summed E-state index contributed by atoms with van der Waals surface area (Å²) >= 11 is 0. The van der Waals surface area contributed by atoms with E-state index in [1.54, 1.807) is 0 Å². The van der Waals surface area contributed by atoms with Gasteiger partial charge in [0.1, 0.15) is 0 Å². The van der Waals surface area contributed by atoms with Crippen molar-refractivity contribution in [3.05, 3.63) is 35.5 Å². The fourth-order valence-electron chi connectivity index (χ4n) is 2.62. The SMILES string of the molecule is Cc1cc(C)c2nccc(NCC3(CO)CC3)c2c1. The molecule has 1 aliphatic rings. The number of hydrogen-bond acceptors (Lipinski definition) is 3. The zero-order valence-corrected chi connectivity index (χ0v) is 11.5. The zero-order chi connectivity index (χ0) is 13.5. The fraction of sp³-hybridized carbons (Fsp3) is 0.438. The van der Waals surface area contributed by atoms with Gasteiger partial charge >= 0.3 is 0 Å². The number of anilines is 1. The van der Waals surface area contributed by atoms with Crippen molar-refractivity contribution >= 4 is 16.6 Å². The van der Waals surface area contributed by atoms with Crippen LogP contribution in [0.3, 0.4) is 0 Å². The van der Waals surface area contributed by atoms with Crippen molar-refractivity contribution in [3.63, 3.8) is 0 Å². The first-order valence-corrected chi connectivity index (χ1v) is 6.84. The summed E-state index contributed by atoms with van der Waals surface area (Å²) in [6.45, 7) is 5.33. The van der Waals surface area contributed by atoms with Crippen molar-refractivity contribution in [2.45, 2.75) is 26.7 Å². The molecule has 2 N–H and O–H groups in total. The highest BCUT2D eigenvalue weighted by Gasteiger charge is 2.41. The highest BCUT2D eigenvalue weighted by molar-refractivity contribution is 5.93. The van der Waals surface area contributed by atoms with E-state index >= 15 is 0 Å². The lowest BCUT2D eigenvalue weighted by atomic mass is 10.0. The predicted octanol–water partition coefficient (Wildman–Crippen LogP) is 3.04. The Balaban J connectivity index is 1.95. The third-order valence-electron chi connectivity index (χ3n) is 4.13. The molecule has 0 bridgehead atoms. The van der Waals surface area contributed by atoms with Crippen LogP contribution >= 0.6 is 0 Å². The van der Waals surface area contributed by atoms with Crippen LogP contribution in [0.2, 0.25) is 0 Å². The van der Waals surface area contributed by atoms with Crippen molar-refractivity contribution in [2.24, 2.45) is 5.41 Å². The second-order valence-electron chi connectivity index (χ2n) is 5.85. The molecule has 100 valence electrons. The maximum absolute atomic E-state index is 9.38. The third-order valence-corrected chi connectivity index (χ3v) is 4.13. The summed E-state index contributed by atoms with van der Waals surface area (Å²) in [5.41, 5.74) is 4.77. The van der Waals surface area contributed by atoms with Crippen LogP contribution in [0, 0.1) is 19.3 Å². The second-order valence-corrected chi connectivity index (χ2v) is 5.85. The normalized spacial score (nSPS) is 16.6. The molecule has 0 saturated heterocycles. The first-order chi connectivity index (χ1) is 9.13. The molecular weight excluding hydrogens is 236 g/mol. The summed E-state index contributed by atoms with van der Waals surface area (Å²) in [6, 6.07) is 6.36. The van der Waals surface area contributed by atoms with Gasteiger partial charge < -0.3 is 10.4 Å². The maximum atomic E-state index is 9.38. The number of aryl methyl sites for hydroxylation is 2. The van der Waals surface area contributed by atoms with E-state index in [0.717, 1.165) is 30.6 Å². The molecule has 0 atom stereocenters. The number of aromatic nitrogens is 1. The molecule has 3 rings (SSSR count). The van der Waals surface area contributed by atoms with Gasteiger partial charge in [-0.25, -0.2) is 0 Å². The van der Waals surface area contributed by atoms with E-state index in [4.69, 9.17) is 0 Å². The number of nitrogens with zero attached hydrogens (tertiary/aromatic N) is 1. The zero-order valence-electron chi connectivity index (χ0n) is 11.5. The van der Waals surface area contributed by atoms with Gasteiger partial charge in [-0.2, -0.15) is 0 Å². The van der Waals surface area contributed by atoms with E-state index < -0.39 is 0 Å². The lowest BCUT2D eigenvalue weighted by Gasteiger charge is -2.16. The van der Waals surface area contributed by atoms with E-state index in [-0.39, 0.29) is 12.0 Å². The van der Waals surface area contributed by atoms with Gasteiger partial charge in [-0.1, -0.05) is 11.6 Å². The van der Waals surface area contributed by atoms with Crippen LogP contribution in [-0.4, -0.2) is 23.2 Å². The number of nitrogens with one attached hydrogen (secondary N) is 1. The van der Waals surface area contributed by atoms with Gasteiger partial charge in [-0.3, -0.25) is 4.98 Å². The van der Waals surface area contributed by atoms with Crippen molar-refractivity contribution in [3.8, 4) is 0 Å². The highest BCUT2D eigenvalue weighted by atomic mass is 16.3. The number of pyridine rings is 1. The minimum absolute atomic E-state index is 0.120. The summed E-state index contributed by atoms with van der Waals surface area (Å²) < 4.78 is 0. The fourth-order valence-corrected chi connectivity index (χ4v) is 2.62. The minimum Gasteiger partial charge on any atom is -0.396 e. The molecule has 3 heteroatoms. The Labute approximate surface area is 113 Å². The van der Waals surface area contributed by atoms with E-state index in [2.05, 4.69) is 36.3 Å². The minimum atomic E-state index is 0.120. The van der Waals surface area contributed by atoms with Crippen LogP contribution in [0.4, 0.5) is 5.69 Å². The Kier molecular flexibility index (Phi) is 2.94. The molecular formula is C16H20N2O. The van der Waals surface area contributed by atoms with E-state index in [9.17, 15) is 5.11 Å². The molecule has 1 fully saturated rings. The lowest BCUT2D eigenvalue weighted by Crippen LogP contribution is -2.19. The number of aliphatic hydroxyl groups is 1. The molecule has 1 heterocycles. The third kappa shape index (κ3) is 2.30. The average Bonchev–Trinajstić information content (AvgIpc) is 3.17. The van der Waals surface area contributed by atoms with Crippen LogP contribution in [-0.2, 0) is 0 Å². The summed E-state index contributed by atoms with van der Waals surface area (Å²) in [5, 5.41) is 14.1. The first-order valence-electron chi connectivity index (χ1n) is 6.84. The highest BCUT2D eigenvalue weighted by Crippen LogP contribution is 2.45. The molecule has 0 unspecified atom stereocenters. The molecule has 1 aromatic heterocycles. The van der Waals surface area contributed by atoms with Gasteiger partial charge in [0.2, 0.25) is 0 Å². The Morgan fingerprint density at radius 2 is 2.11 bits per heavy atom. The van der Waals surface area contributed by atoms with Crippen LogP contribution in [0.25, 0.3) is 10.9 Å². The van der Waals surface area contributed by atoms with Crippen molar-refractivity contribution in [1.82, 2.24) is 4.98 Å². The van der Waals surface area contributed by atoms with Gasteiger partial charge in [0.25, 0.3) is 0 Å². The smallest absolute Gasteiger partial charge is 0.0752 e. The molecule has 1 saturated carbocycles. The van der Waals surface area contributed by atoms with Gasteiger partial charge in [0.15, 0.2) is 0 Å². The van der Waals surface area contributed by atoms with Crippen molar-refractivity contribution in [2.75, 3.05) is 18.5 Å². The van der Waals surface area contributed by atoms with Crippen LogP contribution < -0.4 is 5.32 Å². The molecule has 1 aromatic carbocycles. The van der Waals surface area contributed by atoms with Crippen LogP contribution in [0.1, 0.15) is 24.0 Å². The molecule has 0 amide bonds. The molecule has 0 radical (unpaired) electrons. The summed E-state index contributed by atoms with van der Waals surface area (Å²) in [7, 11) is 0. The van der Waals surface area contributed by atoms with Gasteiger partial charge in [0.05, 0.1) is 12.1 Å². The van der Waals surface area contributed by atoms with Crippen LogP contribution in [0.5, 0.6) is 0 Å². The molecule has 0 aliphatic heterocycles. The van der Waals surface area contributed by atoms with E-state index in [1.165, 1.54) is 16.5 Å². The Morgan fingerprint density at radius 1 is 1.32 bits per heavy atom. The quantitative estimate of drug-likeness (QED) is 0.883. The molecule has 1 aliphatic carbocycles.